The molecule has 9 heteroatoms. The number of anilines is 2. The number of amides is 1. The zero-order valence-corrected chi connectivity index (χ0v) is 25.2. The minimum absolute atomic E-state index is 0.200. The van der Waals surface area contributed by atoms with Gasteiger partial charge in [0.15, 0.2) is 0 Å². The SMILES string of the molecule is CC1=C(C(=O)Nc2cccc(C)c2)C(c2ccc(OCCC(C)C)cc2)n2nc(SCc3ccccc3Cl)nc2N1. The van der Waals surface area contributed by atoms with Crippen LogP contribution in [0.4, 0.5) is 11.6 Å². The van der Waals surface area contributed by atoms with E-state index in [9.17, 15) is 4.79 Å². The number of rotatable bonds is 10. The Morgan fingerprint density at radius 1 is 1.10 bits per heavy atom. The van der Waals surface area contributed by atoms with Gasteiger partial charge >= 0.3 is 0 Å². The first-order valence-electron chi connectivity index (χ1n) is 13.7. The second-order valence-electron chi connectivity index (χ2n) is 10.5. The second-order valence-corrected chi connectivity index (χ2v) is 11.9. The molecule has 7 nitrogen and oxygen atoms in total. The van der Waals surface area contributed by atoms with Gasteiger partial charge in [-0.15, -0.1) is 5.10 Å². The highest BCUT2D eigenvalue weighted by molar-refractivity contribution is 7.98. The van der Waals surface area contributed by atoms with Gasteiger partial charge < -0.3 is 15.4 Å². The summed E-state index contributed by atoms with van der Waals surface area (Å²) >= 11 is 7.87. The van der Waals surface area contributed by atoms with Crippen molar-refractivity contribution < 1.29 is 9.53 Å². The van der Waals surface area contributed by atoms with E-state index in [0.29, 0.717) is 40.0 Å². The van der Waals surface area contributed by atoms with Crippen molar-refractivity contribution in [2.45, 2.75) is 51.1 Å². The number of hydrogen-bond donors (Lipinski definition) is 2. The van der Waals surface area contributed by atoms with Crippen molar-refractivity contribution >= 4 is 40.9 Å². The summed E-state index contributed by atoms with van der Waals surface area (Å²) in [6.07, 6.45) is 0.984. The van der Waals surface area contributed by atoms with Gasteiger partial charge in [-0.1, -0.05) is 79.7 Å². The van der Waals surface area contributed by atoms with Gasteiger partial charge in [0.05, 0.1) is 12.2 Å². The Morgan fingerprint density at radius 2 is 1.88 bits per heavy atom. The third kappa shape index (κ3) is 6.94. The van der Waals surface area contributed by atoms with Crippen molar-refractivity contribution in [3.63, 3.8) is 0 Å². The highest BCUT2D eigenvalue weighted by atomic mass is 35.5. The van der Waals surface area contributed by atoms with Crippen LogP contribution in [0.1, 0.15) is 49.9 Å². The summed E-state index contributed by atoms with van der Waals surface area (Å²) in [5.41, 5.74) is 5.02. The standard InChI is InChI=1S/C32H34ClN5O2S/c1-20(2)16-17-40-26-14-12-23(13-15-26)29-28(30(39)35-25-10-7-8-21(3)18-25)22(4)34-31-36-32(37-38(29)31)41-19-24-9-5-6-11-27(24)33/h5-15,18,20,29H,16-17,19H2,1-4H3,(H,35,39)(H,34,36,37). The summed E-state index contributed by atoms with van der Waals surface area (Å²) < 4.78 is 7.74. The van der Waals surface area contributed by atoms with Crippen LogP contribution in [0, 0.1) is 12.8 Å². The molecule has 2 heterocycles. The van der Waals surface area contributed by atoms with Crippen LogP contribution < -0.4 is 15.4 Å². The lowest BCUT2D eigenvalue weighted by molar-refractivity contribution is -0.113. The molecule has 0 aliphatic carbocycles. The molecule has 0 radical (unpaired) electrons. The Morgan fingerprint density at radius 3 is 2.61 bits per heavy atom. The van der Waals surface area contributed by atoms with Gasteiger partial charge in [-0.3, -0.25) is 4.79 Å². The number of ether oxygens (including phenoxy) is 1. The molecule has 0 fully saturated rings. The maximum Gasteiger partial charge on any atom is 0.255 e. The van der Waals surface area contributed by atoms with E-state index in [1.54, 1.807) is 4.68 Å². The summed E-state index contributed by atoms with van der Waals surface area (Å²) in [6.45, 7) is 8.92. The van der Waals surface area contributed by atoms with E-state index in [1.165, 1.54) is 11.8 Å². The van der Waals surface area contributed by atoms with E-state index < -0.39 is 6.04 Å². The molecule has 41 heavy (non-hydrogen) atoms. The van der Waals surface area contributed by atoms with Gasteiger partial charge in [-0.05, 0) is 73.2 Å². The lowest BCUT2D eigenvalue weighted by atomic mass is 9.95. The summed E-state index contributed by atoms with van der Waals surface area (Å²) in [7, 11) is 0. The van der Waals surface area contributed by atoms with Crippen molar-refractivity contribution in [2.24, 2.45) is 5.92 Å². The Hall–Kier alpha value is -3.75. The van der Waals surface area contributed by atoms with Crippen LogP contribution in [-0.4, -0.2) is 27.3 Å². The topological polar surface area (TPSA) is 81.1 Å². The highest BCUT2D eigenvalue weighted by Crippen LogP contribution is 2.38. The number of allylic oxidation sites excluding steroid dienone is 1. The Bertz CT molecular complexity index is 1560. The minimum Gasteiger partial charge on any atom is -0.494 e. The van der Waals surface area contributed by atoms with Crippen LogP contribution in [-0.2, 0) is 10.5 Å². The number of fused-ring (bicyclic) bond motifs is 1. The molecule has 4 aromatic rings. The molecule has 0 bridgehead atoms. The van der Waals surface area contributed by atoms with Crippen LogP contribution >= 0.6 is 23.4 Å². The number of thioether (sulfide) groups is 1. The minimum atomic E-state index is -0.483. The van der Waals surface area contributed by atoms with Gasteiger partial charge in [0.1, 0.15) is 11.8 Å². The van der Waals surface area contributed by atoms with Crippen LogP contribution in [0.3, 0.4) is 0 Å². The fraction of sp³-hybridized carbons (Fsp3) is 0.281. The van der Waals surface area contributed by atoms with Gasteiger partial charge in [0.2, 0.25) is 11.1 Å². The molecule has 1 aliphatic rings. The lowest BCUT2D eigenvalue weighted by Gasteiger charge is -2.28. The zero-order chi connectivity index (χ0) is 28.9. The highest BCUT2D eigenvalue weighted by Gasteiger charge is 2.34. The Kier molecular flexibility index (Phi) is 9.00. The van der Waals surface area contributed by atoms with Crippen molar-refractivity contribution in [3.8, 4) is 5.75 Å². The number of carbonyl (C=O) groups excluding carboxylic acids is 1. The zero-order valence-electron chi connectivity index (χ0n) is 23.6. The van der Waals surface area contributed by atoms with E-state index in [0.717, 1.165) is 40.2 Å². The molecule has 2 N–H and O–H groups in total. The molecule has 3 aromatic carbocycles. The number of nitrogens with one attached hydrogen (secondary N) is 2. The maximum atomic E-state index is 13.8. The molecule has 212 valence electrons. The number of aromatic nitrogens is 3. The second kappa shape index (κ2) is 12.8. The molecule has 0 saturated heterocycles. The molecule has 1 aromatic heterocycles. The summed E-state index contributed by atoms with van der Waals surface area (Å²) in [6, 6.07) is 22.9. The van der Waals surface area contributed by atoms with E-state index in [2.05, 4.69) is 24.5 Å². The first-order chi connectivity index (χ1) is 19.8. The van der Waals surface area contributed by atoms with Gasteiger partial charge in [-0.25, -0.2) is 4.68 Å². The summed E-state index contributed by atoms with van der Waals surface area (Å²) in [4.78, 5) is 18.6. The predicted molar refractivity (Wildman–Crippen MR) is 167 cm³/mol. The predicted octanol–water partition coefficient (Wildman–Crippen LogP) is 7.88. The Balaban J connectivity index is 1.46. The molecule has 0 spiro atoms. The van der Waals surface area contributed by atoms with Crippen LogP contribution in [0.15, 0.2) is 89.2 Å². The number of nitrogens with zero attached hydrogens (tertiary/aromatic N) is 3. The molecule has 1 aliphatic heterocycles. The van der Waals surface area contributed by atoms with E-state index in [-0.39, 0.29) is 5.91 Å². The first kappa shape index (κ1) is 28.8. The first-order valence-corrected chi connectivity index (χ1v) is 15.1. The average Bonchev–Trinajstić information content (AvgIpc) is 3.34. The third-order valence-corrected chi connectivity index (χ3v) is 8.08. The van der Waals surface area contributed by atoms with E-state index in [4.69, 9.17) is 26.4 Å². The van der Waals surface area contributed by atoms with Crippen molar-refractivity contribution in [3.05, 3.63) is 106 Å². The van der Waals surface area contributed by atoms with E-state index in [1.807, 2.05) is 86.6 Å². The third-order valence-electron chi connectivity index (χ3n) is 6.83. The molecule has 0 saturated carbocycles. The van der Waals surface area contributed by atoms with Crippen molar-refractivity contribution in [2.75, 3.05) is 17.2 Å². The monoisotopic (exact) mass is 587 g/mol. The molecular weight excluding hydrogens is 554 g/mol. The van der Waals surface area contributed by atoms with Gasteiger partial charge in [-0.2, -0.15) is 4.98 Å². The quantitative estimate of drug-likeness (QED) is 0.184. The van der Waals surface area contributed by atoms with Crippen LogP contribution in [0.2, 0.25) is 5.02 Å². The van der Waals surface area contributed by atoms with Crippen LogP contribution in [0.25, 0.3) is 0 Å². The van der Waals surface area contributed by atoms with Crippen LogP contribution in [0.5, 0.6) is 5.75 Å². The molecule has 5 rings (SSSR count). The average molecular weight is 588 g/mol. The molecule has 1 atom stereocenters. The largest absolute Gasteiger partial charge is 0.494 e. The summed E-state index contributed by atoms with van der Waals surface area (Å²) in [5, 5.41) is 12.6. The number of halogens is 1. The molecule has 1 amide bonds. The molecular formula is C32H34ClN5O2S. The summed E-state index contributed by atoms with van der Waals surface area (Å²) in [5.74, 6) is 2.38. The maximum absolute atomic E-state index is 13.8. The lowest BCUT2D eigenvalue weighted by Crippen LogP contribution is -2.31. The normalized spacial score (nSPS) is 14.5. The number of hydrogen-bond acceptors (Lipinski definition) is 6. The van der Waals surface area contributed by atoms with E-state index >= 15 is 0 Å². The van der Waals surface area contributed by atoms with Crippen molar-refractivity contribution in [1.29, 1.82) is 0 Å². The number of carbonyl (C=O) groups is 1. The fourth-order valence-corrected chi connectivity index (χ4v) is 5.75. The Labute approximate surface area is 250 Å². The smallest absolute Gasteiger partial charge is 0.255 e. The number of benzene rings is 3. The molecule has 1 unspecified atom stereocenters. The fourth-order valence-electron chi connectivity index (χ4n) is 4.63. The van der Waals surface area contributed by atoms with Crippen molar-refractivity contribution in [1.82, 2.24) is 14.8 Å². The van der Waals surface area contributed by atoms with Gasteiger partial charge in [0.25, 0.3) is 5.91 Å². The van der Waals surface area contributed by atoms with Gasteiger partial charge in [0, 0.05) is 22.2 Å². The number of aryl methyl sites for hydroxylation is 1.